The van der Waals surface area contributed by atoms with Crippen LogP contribution in [0.15, 0.2) is 12.3 Å². The van der Waals surface area contributed by atoms with Crippen LogP contribution in [0.2, 0.25) is 0 Å². The van der Waals surface area contributed by atoms with Crippen molar-refractivity contribution in [2.45, 2.75) is 31.4 Å². The standard InChI is InChI=1S/C13H16N4O/c14-6-9-5-10(15)7-16-13(9)17-11-3-4-18-12(11)8-1-2-8/h5,7-8,11-12H,1-4,15H2,(H,16,17). The molecule has 94 valence electrons. The van der Waals surface area contributed by atoms with Crippen molar-refractivity contribution in [3.63, 3.8) is 0 Å². The third-order valence-electron chi connectivity index (χ3n) is 3.57. The van der Waals surface area contributed by atoms with E-state index in [1.165, 1.54) is 12.8 Å². The number of nitrogens with one attached hydrogen (secondary N) is 1. The normalized spacial score (nSPS) is 26.8. The highest BCUT2D eigenvalue weighted by Crippen LogP contribution is 2.39. The molecule has 1 saturated carbocycles. The first-order valence-corrected chi connectivity index (χ1v) is 6.31. The zero-order chi connectivity index (χ0) is 12.5. The van der Waals surface area contributed by atoms with E-state index in [0.717, 1.165) is 13.0 Å². The maximum atomic E-state index is 9.09. The lowest BCUT2D eigenvalue weighted by Gasteiger charge is -2.20. The fraction of sp³-hybridized carbons (Fsp3) is 0.538. The van der Waals surface area contributed by atoms with E-state index in [0.29, 0.717) is 23.0 Å². The average Bonchev–Trinajstić information content (AvgIpc) is 3.12. The molecule has 2 heterocycles. The van der Waals surface area contributed by atoms with E-state index >= 15 is 0 Å². The Kier molecular flexibility index (Phi) is 2.80. The number of hydrogen-bond acceptors (Lipinski definition) is 5. The van der Waals surface area contributed by atoms with Crippen LogP contribution < -0.4 is 11.1 Å². The van der Waals surface area contributed by atoms with Gasteiger partial charge in [0.05, 0.1) is 29.6 Å². The van der Waals surface area contributed by atoms with Gasteiger partial charge < -0.3 is 15.8 Å². The van der Waals surface area contributed by atoms with Crippen molar-refractivity contribution in [3.8, 4) is 6.07 Å². The summed E-state index contributed by atoms with van der Waals surface area (Å²) in [5.41, 5.74) is 6.64. The van der Waals surface area contributed by atoms with Crippen molar-refractivity contribution in [1.82, 2.24) is 4.98 Å². The van der Waals surface area contributed by atoms with Gasteiger partial charge in [-0.05, 0) is 31.2 Å². The predicted octanol–water partition coefficient (Wildman–Crippen LogP) is 1.51. The van der Waals surface area contributed by atoms with Crippen molar-refractivity contribution >= 4 is 11.5 Å². The lowest BCUT2D eigenvalue weighted by molar-refractivity contribution is 0.0898. The summed E-state index contributed by atoms with van der Waals surface area (Å²) in [6.45, 7) is 0.787. The SMILES string of the molecule is N#Cc1cc(N)cnc1NC1CCOC1C1CC1. The molecule has 1 aliphatic carbocycles. The second-order valence-corrected chi connectivity index (χ2v) is 4.99. The Morgan fingerprint density at radius 1 is 1.44 bits per heavy atom. The molecule has 1 aliphatic heterocycles. The third kappa shape index (κ3) is 2.12. The van der Waals surface area contributed by atoms with Crippen LogP contribution >= 0.6 is 0 Å². The molecule has 0 radical (unpaired) electrons. The minimum atomic E-state index is 0.265. The largest absolute Gasteiger partial charge is 0.397 e. The Bertz CT molecular complexity index is 492. The highest BCUT2D eigenvalue weighted by molar-refractivity contribution is 5.57. The summed E-state index contributed by atoms with van der Waals surface area (Å²) >= 11 is 0. The van der Waals surface area contributed by atoms with Crippen LogP contribution in [0.25, 0.3) is 0 Å². The second-order valence-electron chi connectivity index (χ2n) is 4.99. The fourth-order valence-corrected chi connectivity index (χ4v) is 2.51. The highest BCUT2D eigenvalue weighted by atomic mass is 16.5. The van der Waals surface area contributed by atoms with Gasteiger partial charge in [0.1, 0.15) is 11.9 Å². The first kappa shape index (κ1) is 11.3. The minimum Gasteiger partial charge on any atom is -0.397 e. The van der Waals surface area contributed by atoms with Crippen molar-refractivity contribution in [1.29, 1.82) is 5.26 Å². The Morgan fingerprint density at radius 3 is 3.00 bits per heavy atom. The van der Waals surface area contributed by atoms with E-state index in [2.05, 4.69) is 16.4 Å². The fourth-order valence-electron chi connectivity index (χ4n) is 2.51. The molecule has 0 spiro atoms. The van der Waals surface area contributed by atoms with Gasteiger partial charge in [0.25, 0.3) is 0 Å². The maximum Gasteiger partial charge on any atom is 0.144 e. The van der Waals surface area contributed by atoms with E-state index in [-0.39, 0.29) is 12.1 Å². The van der Waals surface area contributed by atoms with Crippen LogP contribution in [0.5, 0.6) is 0 Å². The third-order valence-corrected chi connectivity index (χ3v) is 3.57. The van der Waals surface area contributed by atoms with Gasteiger partial charge in [0.15, 0.2) is 0 Å². The number of aromatic nitrogens is 1. The molecule has 2 aliphatic rings. The quantitative estimate of drug-likeness (QED) is 0.842. The molecule has 5 nitrogen and oxygen atoms in total. The molecule has 1 aromatic heterocycles. The van der Waals surface area contributed by atoms with Crippen LogP contribution in [0.1, 0.15) is 24.8 Å². The summed E-state index contributed by atoms with van der Waals surface area (Å²) in [4.78, 5) is 4.21. The zero-order valence-corrected chi connectivity index (χ0v) is 10.1. The Balaban J connectivity index is 1.77. The van der Waals surface area contributed by atoms with E-state index < -0.39 is 0 Å². The number of nitrogens with zero attached hydrogens (tertiary/aromatic N) is 2. The number of ether oxygens (including phenoxy) is 1. The Hall–Kier alpha value is -1.80. The average molecular weight is 244 g/mol. The lowest BCUT2D eigenvalue weighted by Crippen LogP contribution is -2.31. The first-order chi connectivity index (χ1) is 8.78. The second kappa shape index (κ2) is 4.46. The van der Waals surface area contributed by atoms with E-state index in [4.69, 9.17) is 15.7 Å². The smallest absolute Gasteiger partial charge is 0.144 e. The topological polar surface area (TPSA) is 84.0 Å². The number of pyridine rings is 1. The van der Waals surface area contributed by atoms with Crippen molar-refractivity contribution in [2.75, 3.05) is 17.7 Å². The molecule has 1 aromatic rings. The molecule has 2 atom stereocenters. The van der Waals surface area contributed by atoms with E-state index in [1.54, 1.807) is 12.3 Å². The summed E-state index contributed by atoms with van der Waals surface area (Å²) in [7, 11) is 0. The van der Waals surface area contributed by atoms with Gasteiger partial charge in [-0.15, -0.1) is 0 Å². The van der Waals surface area contributed by atoms with Gasteiger partial charge in [-0.2, -0.15) is 5.26 Å². The molecule has 2 unspecified atom stereocenters. The number of anilines is 2. The monoisotopic (exact) mass is 244 g/mol. The number of hydrogen-bond donors (Lipinski definition) is 2. The number of nitrogen functional groups attached to an aromatic ring is 1. The maximum absolute atomic E-state index is 9.09. The van der Waals surface area contributed by atoms with Gasteiger partial charge in [0.2, 0.25) is 0 Å². The van der Waals surface area contributed by atoms with Crippen LogP contribution in [-0.4, -0.2) is 23.7 Å². The molecule has 0 aromatic carbocycles. The summed E-state index contributed by atoms with van der Waals surface area (Å²) < 4.78 is 5.76. The van der Waals surface area contributed by atoms with Crippen LogP contribution in [0.4, 0.5) is 11.5 Å². The summed E-state index contributed by atoms with van der Waals surface area (Å²) in [5.74, 6) is 1.30. The van der Waals surface area contributed by atoms with Gasteiger partial charge >= 0.3 is 0 Å². The van der Waals surface area contributed by atoms with Gasteiger partial charge in [-0.25, -0.2) is 4.98 Å². The van der Waals surface area contributed by atoms with Gasteiger partial charge in [-0.1, -0.05) is 0 Å². The summed E-state index contributed by atoms with van der Waals surface area (Å²) in [5, 5.41) is 12.4. The molecule has 0 bridgehead atoms. The van der Waals surface area contributed by atoms with Gasteiger partial charge in [-0.3, -0.25) is 0 Å². The molecule has 0 amide bonds. The number of nitriles is 1. The lowest BCUT2D eigenvalue weighted by atomic mass is 10.1. The minimum absolute atomic E-state index is 0.265. The van der Waals surface area contributed by atoms with Crippen molar-refractivity contribution < 1.29 is 4.74 Å². The number of rotatable bonds is 3. The molecule has 18 heavy (non-hydrogen) atoms. The van der Waals surface area contributed by atoms with Crippen LogP contribution in [0.3, 0.4) is 0 Å². The predicted molar refractivity (Wildman–Crippen MR) is 67.9 cm³/mol. The van der Waals surface area contributed by atoms with Crippen LogP contribution in [-0.2, 0) is 4.74 Å². The van der Waals surface area contributed by atoms with E-state index in [1.807, 2.05) is 0 Å². The molecule has 3 N–H and O–H groups in total. The Labute approximate surface area is 106 Å². The molecule has 5 heteroatoms. The van der Waals surface area contributed by atoms with Gasteiger partial charge in [0, 0.05) is 6.61 Å². The van der Waals surface area contributed by atoms with Crippen molar-refractivity contribution in [2.24, 2.45) is 5.92 Å². The molecular formula is C13H16N4O. The molecule has 3 rings (SSSR count). The van der Waals surface area contributed by atoms with E-state index in [9.17, 15) is 0 Å². The van der Waals surface area contributed by atoms with Crippen molar-refractivity contribution in [3.05, 3.63) is 17.8 Å². The first-order valence-electron chi connectivity index (χ1n) is 6.31. The summed E-state index contributed by atoms with van der Waals surface area (Å²) in [6, 6.07) is 4.04. The summed E-state index contributed by atoms with van der Waals surface area (Å²) in [6.07, 6.45) is 5.33. The highest BCUT2D eigenvalue weighted by Gasteiger charge is 2.40. The number of nitrogens with two attached hydrogens (primary N) is 1. The molecule has 2 fully saturated rings. The molecule has 1 saturated heterocycles. The van der Waals surface area contributed by atoms with Crippen LogP contribution in [0, 0.1) is 17.2 Å². The zero-order valence-electron chi connectivity index (χ0n) is 10.1. The molecular weight excluding hydrogens is 228 g/mol. The Morgan fingerprint density at radius 2 is 2.28 bits per heavy atom.